The summed E-state index contributed by atoms with van der Waals surface area (Å²) in [4.78, 5) is 13.4. The van der Waals surface area contributed by atoms with E-state index in [0.717, 1.165) is 12.2 Å². The number of fused-ring (bicyclic) bond motifs is 1. The molecule has 1 aromatic rings. The lowest BCUT2D eigenvalue weighted by atomic mass is 10.2. The molecule has 1 N–H and O–H groups in total. The van der Waals surface area contributed by atoms with E-state index in [4.69, 9.17) is 0 Å². The van der Waals surface area contributed by atoms with Crippen LogP contribution in [0.25, 0.3) is 0 Å². The van der Waals surface area contributed by atoms with Gasteiger partial charge in [-0.1, -0.05) is 0 Å². The summed E-state index contributed by atoms with van der Waals surface area (Å²) >= 11 is 0. The first-order chi connectivity index (χ1) is 8.57. The molecule has 1 aromatic heterocycles. The Morgan fingerprint density at radius 1 is 1.42 bits per heavy atom. The van der Waals surface area contributed by atoms with Crippen molar-refractivity contribution >= 4 is 18.3 Å². The predicted octanol–water partition coefficient (Wildman–Crippen LogP) is 0.889. The molecule has 0 spiro atoms. The van der Waals surface area contributed by atoms with Crippen LogP contribution in [0.3, 0.4) is 0 Å². The van der Waals surface area contributed by atoms with Gasteiger partial charge in [-0.15, -0.1) is 12.4 Å². The van der Waals surface area contributed by atoms with Crippen LogP contribution in [-0.4, -0.2) is 46.1 Å². The Bertz CT molecular complexity index is 491. The summed E-state index contributed by atoms with van der Waals surface area (Å²) in [5.74, 6) is -3.08. The summed E-state index contributed by atoms with van der Waals surface area (Å²) in [6, 6.07) is 0. The lowest BCUT2D eigenvalue weighted by Crippen LogP contribution is -2.34. The molecule has 0 unspecified atom stereocenters. The van der Waals surface area contributed by atoms with E-state index in [1.54, 1.807) is 4.68 Å². The zero-order valence-electron chi connectivity index (χ0n) is 10.2. The molecule has 3 rings (SSSR count). The minimum absolute atomic E-state index is 0. The van der Waals surface area contributed by atoms with Crippen LogP contribution < -0.4 is 5.32 Å². The maximum Gasteiger partial charge on any atom is 0.267 e. The topological polar surface area (TPSA) is 50.2 Å². The Balaban J connectivity index is 0.00000133. The van der Waals surface area contributed by atoms with E-state index >= 15 is 0 Å². The van der Waals surface area contributed by atoms with Gasteiger partial charge in [0.2, 0.25) is 0 Å². The summed E-state index contributed by atoms with van der Waals surface area (Å²) in [6.45, 7) is 1.71. The first-order valence-corrected chi connectivity index (χ1v) is 5.99. The molecule has 0 saturated carbocycles. The zero-order valence-corrected chi connectivity index (χ0v) is 11.1. The van der Waals surface area contributed by atoms with Crippen LogP contribution in [0.15, 0.2) is 6.20 Å². The summed E-state index contributed by atoms with van der Waals surface area (Å²) in [7, 11) is 0. The van der Waals surface area contributed by atoms with E-state index in [1.807, 2.05) is 0 Å². The van der Waals surface area contributed by atoms with E-state index in [9.17, 15) is 13.6 Å². The van der Waals surface area contributed by atoms with Crippen molar-refractivity contribution in [2.75, 3.05) is 19.6 Å². The second kappa shape index (κ2) is 5.05. The zero-order chi connectivity index (χ0) is 12.8. The third-order valence-corrected chi connectivity index (χ3v) is 3.43. The molecule has 0 atom stereocenters. The van der Waals surface area contributed by atoms with Crippen molar-refractivity contribution in [1.29, 1.82) is 0 Å². The number of nitrogens with one attached hydrogen (secondary N) is 1. The van der Waals surface area contributed by atoms with Crippen molar-refractivity contribution in [3.05, 3.63) is 17.5 Å². The van der Waals surface area contributed by atoms with Gasteiger partial charge in [0.05, 0.1) is 30.5 Å². The molecule has 5 nitrogen and oxygen atoms in total. The van der Waals surface area contributed by atoms with Gasteiger partial charge in [0.1, 0.15) is 0 Å². The molecule has 2 aliphatic heterocycles. The number of amides is 1. The van der Waals surface area contributed by atoms with Crippen molar-refractivity contribution in [2.45, 2.75) is 25.4 Å². The van der Waals surface area contributed by atoms with Crippen LogP contribution in [0.2, 0.25) is 0 Å². The first-order valence-electron chi connectivity index (χ1n) is 5.99. The molecule has 8 heteroatoms. The van der Waals surface area contributed by atoms with Gasteiger partial charge in [-0.05, 0) is 0 Å². The number of rotatable bonds is 1. The van der Waals surface area contributed by atoms with E-state index in [1.165, 1.54) is 11.1 Å². The molecule has 106 valence electrons. The normalized spacial score (nSPS) is 20.8. The number of halogens is 3. The highest BCUT2D eigenvalue weighted by Crippen LogP contribution is 2.28. The van der Waals surface area contributed by atoms with E-state index in [-0.39, 0.29) is 31.3 Å². The highest BCUT2D eigenvalue weighted by molar-refractivity contribution is 5.95. The highest BCUT2D eigenvalue weighted by Gasteiger charge is 2.41. The number of hydrogen-bond donors (Lipinski definition) is 1. The predicted molar refractivity (Wildman–Crippen MR) is 66.6 cm³/mol. The van der Waals surface area contributed by atoms with Gasteiger partial charge < -0.3 is 10.2 Å². The maximum absolute atomic E-state index is 13.1. The largest absolute Gasteiger partial charge is 0.332 e. The van der Waals surface area contributed by atoms with Crippen molar-refractivity contribution in [3.63, 3.8) is 0 Å². The third kappa shape index (κ3) is 2.57. The molecule has 0 radical (unpaired) electrons. The number of aromatic nitrogens is 2. The fourth-order valence-electron chi connectivity index (χ4n) is 2.44. The summed E-state index contributed by atoms with van der Waals surface area (Å²) in [6.07, 6.45) is 1.24. The minimum atomic E-state index is -2.75. The number of alkyl halides is 2. The fraction of sp³-hybridized carbons (Fsp3) is 0.636. The van der Waals surface area contributed by atoms with Crippen LogP contribution in [0.5, 0.6) is 0 Å². The molecular weight excluding hydrogens is 278 g/mol. The lowest BCUT2D eigenvalue weighted by Gasteiger charge is -2.19. The quantitative estimate of drug-likeness (QED) is 0.836. The van der Waals surface area contributed by atoms with E-state index in [2.05, 4.69) is 10.4 Å². The van der Waals surface area contributed by atoms with Gasteiger partial charge in [0.15, 0.2) is 0 Å². The maximum atomic E-state index is 13.1. The summed E-state index contributed by atoms with van der Waals surface area (Å²) < 4.78 is 28.0. The number of hydrogen-bond acceptors (Lipinski definition) is 3. The Morgan fingerprint density at radius 3 is 2.89 bits per heavy atom. The average molecular weight is 293 g/mol. The second-order valence-corrected chi connectivity index (χ2v) is 4.74. The Hall–Kier alpha value is -1.21. The van der Waals surface area contributed by atoms with Gasteiger partial charge in [0, 0.05) is 26.1 Å². The molecule has 0 bridgehead atoms. The van der Waals surface area contributed by atoms with Gasteiger partial charge in [0.25, 0.3) is 11.8 Å². The molecule has 19 heavy (non-hydrogen) atoms. The fourth-order valence-corrected chi connectivity index (χ4v) is 2.44. The number of carbonyl (C=O) groups is 1. The van der Waals surface area contributed by atoms with Crippen LogP contribution >= 0.6 is 12.4 Å². The van der Waals surface area contributed by atoms with Crippen molar-refractivity contribution in [3.8, 4) is 0 Å². The van der Waals surface area contributed by atoms with Crippen LogP contribution in [0, 0.1) is 0 Å². The monoisotopic (exact) mass is 292 g/mol. The average Bonchev–Trinajstić information content (AvgIpc) is 2.91. The smallest absolute Gasteiger partial charge is 0.267 e. The first kappa shape index (κ1) is 14.2. The van der Waals surface area contributed by atoms with Crippen molar-refractivity contribution < 1.29 is 13.6 Å². The van der Waals surface area contributed by atoms with E-state index < -0.39 is 12.5 Å². The van der Waals surface area contributed by atoms with Crippen LogP contribution in [0.1, 0.15) is 22.5 Å². The third-order valence-electron chi connectivity index (χ3n) is 3.43. The molecule has 2 aliphatic rings. The van der Waals surface area contributed by atoms with Gasteiger partial charge in [-0.2, -0.15) is 5.10 Å². The molecule has 3 heterocycles. The summed E-state index contributed by atoms with van der Waals surface area (Å²) in [5.41, 5.74) is 1.24. The standard InChI is InChI=1S/C11H14F2N4O.ClH/c12-11(13)1-3-16(7-11)10(18)8-5-15-17-4-2-14-6-9(8)17;/h5,14H,1-4,6-7H2;1H. The number of nitrogens with zero attached hydrogens (tertiary/aromatic N) is 3. The van der Waals surface area contributed by atoms with Gasteiger partial charge in [-0.3, -0.25) is 9.48 Å². The van der Waals surface area contributed by atoms with Crippen LogP contribution in [-0.2, 0) is 13.1 Å². The lowest BCUT2D eigenvalue weighted by molar-refractivity contribution is 0.0120. The molecule has 1 saturated heterocycles. The second-order valence-electron chi connectivity index (χ2n) is 4.74. The molecule has 0 aliphatic carbocycles. The Kier molecular flexibility index (Phi) is 3.78. The molecule has 1 fully saturated rings. The van der Waals surface area contributed by atoms with Crippen molar-refractivity contribution in [1.82, 2.24) is 20.0 Å². The van der Waals surface area contributed by atoms with Crippen molar-refractivity contribution in [2.24, 2.45) is 0 Å². The molecule has 1 amide bonds. The minimum Gasteiger partial charge on any atom is -0.332 e. The molecular formula is C11H15ClF2N4O. The van der Waals surface area contributed by atoms with Crippen LogP contribution in [0.4, 0.5) is 8.78 Å². The number of carbonyl (C=O) groups excluding carboxylic acids is 1. The summed E-state index contributed by atoms with van der Waals surface area (Å²) in [5, 5.41) is 7.28. The Labute approximate surface area is 115 Å². The van der Waals surface area contributed by atoms with Gasteiger partial charge >= 0.3 is 0 Å². The molecule has 0 aromatic carbocycles. The van der Waals surface area contributed by atoms with E-state index in [0.29, 0.717) is 18.7 Å². The Morgan fingerprint density at radius 2 is 2.21 bits per heavy atom. The highest BCUT2D eigenvalue weighted by atomic mass is 35.5. The number of likely N-dealkylation sites (tertiary alicyclic amines) is 1. The SMILES string of the molecule is Cl.O=C(c1cnn2c1CNCC2)N1CCC(F)(F)C1. The van der Waals surface area contributed by atoms with Gasteiger partial charge in [-0.25, -0.2) is 8.78 Å².